The molecule has 0 aliphatic heterocycles. The van der Waals surface area contributed by atoms with Crippen LogP contribution >= 0.6 is 0 Å². The molecular formula is C12H25N3O2. The van der Waals surface area contributed by atoms with Crippen LogP contribution in [0.25, 0.3) is 0 Å². The first-order chi connectivity index (χ1) is 7.57. The van der Waals surface area contributed by atoms with Gasteiger partial charge in [0.15, 0.2) is 0 Å². The molecule has 0 unspecified atom stereocenters. The third-order valence-corrected chi connectivity index (χ3v) is 2.82. The van der Waals surface area contributed by atoms with Gasteiger partial charge in [-0.1, -0.05) is 13.8 Å². The highest BCUT2D eigenvalue weighted by molar-refractivity contribution is 5.87. The zero-order chi connectivity index (χ0) is 13.8. The Morgan fingerprint density at radius 2 is 1.76 bits per heavy atom. The van der Waals surface area contributed by atoms with Crippen molar-refractivity contribution < 1.29 is 9.59 Å². The number of amides is 2. The van der Waals surface area contributed by atoms with Crippen molar-refractivity contribution in [1.29, 1.82) is 0 Å². The minimum atomic E-state index is -0.567. The van der Waals surface area contributed by atoms with E-state index in [0.717, 1.165) is 0 Å². The molecule has 5 heteroatoms. The molecular weight excluding hydrogens is 218 g/mol. The number of likely N-dealkylation sites (N-methyl/N-ethyl adjacent to an activating group) is 1. The first-order valence-electron chi connectivity index (χ1n) is 5.87. The molecule has 0 aliphatic carbocycles. The van der Waals surface area contributed by atoms with Gasteiger partial charge < -0.3 is 16.0 Å². The standard InChI is InChI=1S/C12H25N3O2/c1-8(2)10(13)11(17)14-7-9(16)15(6)12(3,4)5/h8,10H,7,13H2,1-6H3,(H,14,17)/t10-/m0/s1. The third kappa shape index (κ3) is 5.17. The number of rotatable bonds is 4. The highest BCUT2D eigenvalue weighted by atomic mass is 16.2. The molecule has 2 amide bonds. The summed E-state index contributed by atoms with van der Waals surface area (Å²) in [6.07, 6.45) is 0. The van der Waals surface area contributed by atoms with E-state index in [4.69, 9.17) is 5.73 Å². The maximum Gasteiger partial charge on any atom is 0.242 e. The van der Waals surface area contributed by atoms with Gasteiger partial charge in [-0.15, -0.1) is 0 Å². The first kappa shape index (κ1) is 15.9. The summed E-state index contributed by atoms with van der Waals surface area (Å²) in [7, 11) is 1.72. The number of carbonyl (C=O) groups excluding carboxylic acids is 2. The maximum atomic E-state index is 11.8. The second kappa shape index (κ2) is 6.00. The van der Waals surface area contributed by atoms with Crippen LogP contribution in [0.1, 0.15) is 34.6 Å². The Kier molecular flexibility index (Phi) is 5.61. The molecule has 0 radical (unpaired) electrons. The van der Waals surface area contributed by atoms with Crippen molar-refractivity contribution in [2.24, 2.45) is 11.7 Å². The van der Waals surface area contributed by atoms with Gasteiger partial charge >= 0.3 is 0 Å². The van der Waals surface area contributed by atoms with Crippen LogP contribution in [-0.4, -0.2) is 41.9 Å². The van der Waals surface area contributed by atoms with Crippen LogP contribution in [-0.2, 0) is 9.59 Å². The lowest BCUT2D eigenvalue weighted by Gasteiger charge is -2.32. The molecule has 0 aromatic rings. The Hall–Kier alpha value is -1.10. The van der Waals surface area contributed by atoms with Crippen LogP contribution in [0.2, 0.25) is 0 Å². The molecule has 5 nitrogen and oxygen atoms in total. The van der Waals surface area contributed by atoms with E-state index in [9.17, 15) is 9.59 Å². The van der Waals surface area contributed by atoms with Crippen molar-refractivity contribution in [2.75, 3.05) is 13.6 Å². The molecule has 0 aromatic heterocycles. The summed E-state index contributed by atoms with van der Waals surface area (Å²) in [5.74, 6) is -0.345. The van der Waals surface area contributed by atoms with Crippen LogP contribution in [0, 0.1) is 5.92 Å². The Morgan fingerprint density at radius 3 is 2.12 bits per heavy atom. The van der Waals surface area contributed by atoms with Gasteiger partial charge in [0, 0.05) is 12.6 Å². The smallest absolute Gasteiger partial charge is 0.242 e. The average molecular weight is 243 g/mol. The molecule has 0 saturated carbocycles. The molecule has 100 valence electrons. The van der Waals surface area contributed by atoms with Gasteiger partial charge in [0.2, 0.25) is 11.8 Å². The highest BCUT2D eigenvalue weighted by Crippen LogP contribution is 2.09. The molecule has 0 spiro atoms. The Morgan fingerprint density at radius 1 is 1.29 bits per heavy atom. The SMILES string of the molecule is CC(C)[C@H](N)C(=O)NCC(=O)N(C)C(C)(C)C. The summed E-state index contributed by atoms with van der Waals surface area (Å²) in [5, 5.41) is 2.56. The monoisotopic (exact) mass is 243 g/mol. The van der Waals surface area contributed by atoms with Gasteiger partial charge in [-0.05, 0) is 26.7 Å². The van der Waals surface area contributed by atoms with Crippen LogP contribution in [0.4, 0.5) is 0 Å². The normalized spacial score (nSPS) is 13.4. The molecule has 0 saturated heterocycles. The first-order valence-corrected chi connectivity index (χ1v) is 5.87. The lowest BCUT2D eigenvalue weighted by atomic mass is 10.0. The van der Waals surface area contributed by atoms with Gasteiger partial charge in [0.05, 0.1) is 12.6 Å². The number of nitrogens with one attached hydrogen (secondary N) is 1. The predicted molar refractivity (Wildman–Crippen MR) is 68.3 cm³/mol. The fraction of sp³-hybridized carbons (Fsp3) is 0.833. The van der Waals surface area contributed by atoms with Gasteiger partial charge in [-0.3, -0.25) is 9.59 Å². The van der Waals surface area contributed by atoms with Crippen molar-refractivity contribution in [3.8, 4) is 0 Å². The fourth-order valence-electron chi connectivity index (χ4n) is 1.08. The van der Waals surface area contributed by atoms with E-state index in [-0.39, 0.29) is 29.8 Å². The fourth-order valence-corrected chi connectivity index (χ4v) is 1.08. The predicted octanol–water partition coefficient (Wildman–Crippen LogP) is 0.343. The quantitative estimate of drug-likeness (QED) is 0.748. The average Bonchev–Trinajstić information content (AvgIpc) is 2.21. The van der Waals surface area contributed by atoms with E-state index in [1.54, 1.807) is 11.9 Å². The number of nitrogens with two attached hydrogens (primary N) is 1. The van der Waals surface area contributed by atoms with Crippen molar-refractivity contribution in [3.63, 3.8) is 0 Å². The summed E-state index contributed by atoms with van der Waals surface area (Å²) in [4.78, 5) is 24.9. The van der Waals surface area contributed by atoms with E-state index in [2.05, 4.69) is 5.32 Å². The van der Waals surface area contributed by atoms with E-state index < -0.39 is 6.04 Å². The Labute approximate surface area is 104 Å². The molecule has 3 N–H and O–H groups in total. The number of hydrogen-bond donors (Lipinski definition) is 2. The topological polar surface area (TPSA) is 75.4 Å². The van der Waals surface area contributed by atoms with E-state index >= 15 is 0 Å². The van der Waals surface area contributed by atoms with Gasteiger partial charge in [-0.2, -0.15) is 0 Å². The van der Waals surface area contributed by atoms with Crippen LogP contribution in [0.3, 0.4) is 0 Å². The molecule has 0 aliphatic rings. The Bertz CT molecular complexity index is 282. The third-order valence-electron chi connectivity index (χ3n) is 2.82. The zero-order valence-corrected chi connectivity index (χ0v) is 11.7. The second-order valence-corrected chi connectivity index (χ2v) is 5.61. The van der Waals surface area contributed by atoms with E-state index in [1.165, 1.54) is 0 Å². The number of carbonyl (C=O) groups is 2. The summed E-state index contributed by atoms with van der Waals surface area (Å²) < 4.78 is 0. The van der Waals surface area contributed by atoms with Crippen molar-refractivity contribution in [2.45, 2.75) is 46.2 Å². The Balaban J connectivity index is 4.22. The summed E-state index contributed by atoms with van der Waals surface area (Å²) in [5.41, 5.74) is 5.42. The molecule has 0 aromatic carbocycles. The van der Waals surface area contributed by atoms with Crippen molar-refractivity contribution in [1.82, 2.24) is 10.2 Å². The molecule has 1 atom stereocenters. The molecule has 17 heavy (non-hydrogen) atoms. The van der Waals surface area contributed by atoms with Gasteiger partial charge in [-0.25, -0.2) is 0 Å². The zero-order valence-electron chi connectivity index (χ0n) is 11.7. The van der Waals surface area contributed by atoms with Gasteiger partial charge in [0.1, 0.15) is 0 Å². The summed E-state index contributed by atoms with van der Waals surface area (Å²) in [6, 6.07) is -0.567. The van der Waals surface area contributed by atoms with Gasteiger partial charge in [0.25, 0.3) is 0 Å². The summed E-state index contributed by atoms with van der Waals surface area (Å²) >= 11 is 0. The molecule has 0 rings (SSSR count). The van der Waals surface area contributed by atoms with Crippen LogP contribution in [0.5, 0.6) is 0 Å². The number of hydrogen-bond acceptors (Lipinski definition) is 3. The number of nitrogens with zero attached hydrogens (tertiary/aromatic N) is 1. The highest BCUT2D eigenvalue weighted by Gasteiger charge is 2.23. The maximum absolute atomic E-state index is 11.8. The van der Waals surface area contributed by atoms with E-state index in [0.29, 0.717) is 0 Å². The molecule has 0 fully saturated rings. The molecule has 0 bridgehead atoms. The molecule has 0 heterocycles. The lowest BCUT2D eigenvalue weighted by Crippen LogP contribution is -2.50. The van der Waals surface area contributed by atoms with Crippen LogP contribution in [0.15, 0.2) is 0 Å². The lowest BCUT2D eigenvalue weighted by molar-refractivity contribution is -0.135. The van der Waals surface area contributed by atoms with Crippen molar-refractivity contribution in [3.05, 3.63) is 0 Å². The van der Waals surface area contributed by atoms with Crippen LogP contribution < -0.4 is 11.1 Å². The minimum absolute atomic E-state index is 0.00692. The van der Waals surface area contributed by atoms with Crippen molar-refractivity contribution >= 4 is 11.8 Å². The second-order valence-electron chi connectivity index (χ2n) is 5.61. The van der Waals surface area contributed by atoms with E-state index in [1.807, 2.05) is 34.6 Å². The largest absolute Gasteiger partial charge is 0.346 e. The summed E-state index contributed by atoms with van der Waals surface area (Å²) in [6.45, 7) is 9.54. The minimum Gasteiger partial charge on any atom is -0.346 e.